The number of methoxy groups -OCH3 is 1. The lowest BCUT2D eigenvalue weighted by Crippen LogP contribution is -2.33. The number of aromatic nitrogens is 2. The Labute approximate surface area is 97.5 Å². The number of hydrogen-bond donors (Lipinski definition) is 1. The summed E-state index contributed by atoms with van der Waals surface area (Å²) in [6.45, 7) is 7.39. The van der Waals surface area contributed by atoms with Gasteiger partial charge in [-0.05, 0) is 13.0 Å². The van der Waals surface area contributed by atoms with Crippen molar-refractivity contribution < 1.29 is 4.74 Å². The van der Waals surface area contributed by atoms with Crippen LogP contribution in [0, 0.1) is 0 Å². The second-order valence-corrected chi connectivity index (χ2v) is 3.82. The fraction of sp³-hybridized carbons (Fsp3) is 0.667. The molecule has 90 valence electrons. The van der Waals surface area contributed by atoms with Gasteiger partial charge in [-0.1, -0.05) is 20.8 Å². The summed E-state index contributed by atoms with van der Waals surface area (Å²) < 4.78 is 5.11. The van der Waals surface area contributed by atoms with Gasteiger partial charge in [-0.25, -0.2) is 4.98 Å². The van der Waals surface area contributed by atoms with E-state index < -0.39 is 0 Å². The molecule has 0 saturated carbocycles. The highest BCUT2D eigenvalue weighted by atomic mass is 16.5. The Hall–Kier alpha value is -1.16. The van der Waals surface area contributed by atoms with Crippen molar-refractivity contribution in [2.75, 3.05) is 13.7 Å². The first kappa shape index (κ1) is 12.9. The Balaban J connectivity index is 2.80. The van der Waals surface area contributed by atoms with Crippen LogP contribution >= 0.6 is 0 Å². The van der Waals surface area contributed by atoms with Crippen molar-refractivity contribution in [1.29, 1.82) is 0 Å². The Morgan fingerprint density at radius 1 is 1.44 bits per heavy atom. The highest BCUT2D eigenvalue weighted by Crippen LogP contribution is 2.19. The highest BCUT2D eigenvalue weighted by molar-refractivity contribution is 5.11. The topological polar surface area (TPSA) is 47.0 Å². The van der Waals surface area contributed by atoms with E-state index in [2.05, 4.69) is 36.1 Å². The number of nitrogens with one attached hydrogen (secondary N) is 1. The number of nitrogens with zero attached hydrogens (tertiary/aromatic N) is 2. The highest BCUT2D eigenvalue weighted by Gasteiger charge is 2.19. The maximum Gasteiger partial charge on any atom is 0.216 e. The summed E-state index contributed by atoms with van der Waals surface area (Å²) >= 11 is 0. The maximum absolute atomic E-state index is 5.11. The Morgan fingerprint density at radius 2 is 2.19 bits per heavy atom. The predicted molar refractivity (Wildman–Crippen MR) is 64.8 cm³/mol. The third kappa shape index (κ3) is 3.17. The van der Waals surface area contributed by atoms with Crippen molar-refractivity contribution >= 4 is 0 Å². The number of hydrogen-bond acceptors (Lipinski definition) is 4. The maximum atomic E-state index is 5.11. The largest absolute Gasteiger partial charge is 0.481 e. The number of rotatable bonds is 6. The molecule has 4 heteroatoms. The standard InChI is InChI=1S/C12H21N3O/c1-5-10(13-6-2)9(3)12-14-8-7-11(15-12)16-4/h7-10,13H,5-6H2,1-4H3. The van der Waals surface area contributed by atoms with E-state index in [0.29, 0.717) is 17.8 Å². The molecule has 1 aromatic rings. The minimum atomic E-state index is 0.292. The molecular weight excluding hydrogens is 202 g/mol. The van der Waals surface area contributed by atoms with Crippen LogP contribution in [0.25, 0.3) is 0 Å². The lowest BCUT2D eigenvalue weighted by molar-refractivity contribution is 0.385. The summed E-state index contributed by atoms with van der Waals surface area (Å²) in [6, 6.07) is 2.18. The monoisotopic (exact) mass is 223 g/mol. The van der Waals surface area contributed by atoms with Gasteiger partial charge in [0, 0.05) is 24.2 Å². The zero-order valence-electron chi connectivity index (χ0n) is 10.5. The molecule has 16 heavy (non-hydrogen) atoms. The van der Waals surface area contributed by atoms with Crippen LogP contribution in [0.3, 0.4) is 0 Å². The molecule has 0 radical (unpaired) electrons. The fourth-order valence-corrected chi connectivity index (χ4v) is 1.81. The first-order valence-corrected chi connectivity index (χ1v) is 5.83. The molecule has 1 rings (SSSR count). The Morgan fingerprint density at radius 3 is 2.75 bits per heavy atom. The molecule has 1 heterocycles. The third-order valence-electron chi connectivity index (χ3n) is 2.77. The molecule has 4 nitrogen and oxygen atoms in total. The van der Waals surface area contributed by atoms with E-state index in [9.17, 15) is 0 Å². The van der Waals surface area contributed by atoms with Crippen molar-refractivity contribution in [1.82, 2.24) is 15.3 Å². The van der Waals surface area contributed by atoms with E-state index in [1.165, 1.54) is 0 Å². The van der Waals surface area contributed by atoms with Crippen LogP contribution < -0.4 is 10.1 Å². The smallest absolute Gasteiger partial charge is 0.216 e. The minimum Gasteiger partial charge on any atom is -0.481 e. The summed E-state index contributed by atoms with van der Waals surface area (Å²) in [5, 5.41) is 3.45. The first-order valence-electron chi connectivity index (χ1n) is 5.83. The fourth-order valence-electron chi connectivity index (χ4n) is 1.81. The molecule has 0 aliphatic carbocycles. The molecule has 0 saturated heterocycles. The van der Waals surface area contributed by atoms with Gasteiger partial charge >= 0.3 is 0 Å². The number of ether oxygens (including phenoxy) is 1. The van der Waals surface area contributed by atoms with E-state index in [1.54, 1.807) is 19.4 Å². The molecule has 0 bridgehead atoms. The average molecular weight is 223 g/mol. The molecule has 0 amide bonds. The second-order valence-electron chi connectivity index (χ2n) is 3.82. The van der Waals surface area contributed by atoms with Gasteiger partial charge in [0.2, 0.25) is 5.88 Å². The molecule has 0 aliphatic heterocycles. The lowest BCUT2D eigenvalue weighted by Gasteiger charge is -2.22. The summed E-state index contributed by atoms with van der Waals surface area (Å²) in [5.74, 6) is 1.76. The van der Waals surface area contributed by atoms with Crippen molar-refractivity contribution in [3.8, 4) is 5.88 Å². The van der Waals surface area contributed by atoms with E-state index in [0.717, 1.165) is 18.8 Å². The van der Waals surface area contributed by atoms with E-state index in [4.69, 9.17) is 4.74 Å². The van der Waals surface area contributed by atoms with Gasteiger partial charge < -0.3 is 10.1 Å². The van der Waals surface area contributed by atoms with Crippen LogP contribution in [0.5, 0.6) is 5.88 Å². The van der Waals surface area contributed by atoms with Crippen LogP contribution in [-0.4, -0.2) is 29.7 Å². The van der Waals surface area contributed by atoms with E-state index >= 15 is 0 Å². The van der Waals surface area contributed by atoms with Crippen LogP contribution in [-0.2, 0) is 0 Å². The summed E-state index contributed by atoms with van der Waals surface area (Å²) in [4.78, 5) is 8.68. The van der Waals surface area contributed by atoms with Gasteiger partial charge in [-0.2, -0.15) is 4.98 Å². The molecule has 1 aromatic heterocycles. The molecule has 1 N–H and O–H groups in total. The Kier molecular flexibility index (Phi) is 5.19. The normalized spacial score (nSPS) is 14.5. The molecule has 0 fully saturated rings. The average Bonchev–Trinajstić information content (AvgIpc) is 2.35. The van der Waals surface area contributed by atoms with Gasteiger partial charge in [0.25, 0.3) is 0 Å². The zero-order chi connectivity index (χ0) is 12.0. The molecule has 0 spiro atoms. The van der Waals surface area contributed by atoms with Crippen molar-refractivity contribution in [2.24, 2.45) is 0 Å². The minimum absolute atomic E-state index is 0.292. The van der Waals surface area contributed by atoms with Gasteiger partial charge in [-0.3, -0.25) is 0 Å². The van der Waals surface area contributed by atoms with Crippen LogP contribution in [0.4, 0.5) is 0 Å². The van der Waals surface area contributed by atoms with Gasteiger partial charge in [0.05, 0.1) is 7.11 Å². The SMILES string of the molecule is CCNC(CC)C(C)c1nccc(OC)n1. The van der Waals surface area contributed by atoms with Crippen LogP contribution in [0.1, 0.15) is 38.9 Å². The quantitative estimate of drug-likeness (QED) is 0.801. The van der Waals surface area contributed by atoms with E-state index in [-0.39, 0.29) is 0 Å². The molecule has 0 aliphatic rings. The Bertz CT molecular complexity index is 317. The van der Waals surface area contributed by atoms with Gasteiger partial charge in [0.1, 0.15) is 5.82 Å². The molecule has 2 unspecified atom stereocenters. The second kappa shape index (κ2) is 6.43. The first-order chi connectivity index (χ1) is 7.72. The summed E-state index contributed by atoms with van der Waals surface area (Å²) in [7, 11) is 1.62. The van der Waals surface area contributed by atoms with Crippen molar-refractivity contribution in [2.45, 2.75) is 39.2 Å². The van der Waals surface area contributed by atoms with Crippen molar-refractivity contribution in [3.05, 3.63) is 18.1 Å². The van der Waals surface area contributed by atoms with Gasteiger partial charge in [0.15, 0.2) is 0 Å². The number of likely N-dealkylation sites (N-methyl/N-ethyl adjacent to an activating group) is 1. The molecular formula is C12H21N3O. The van der Waals surface area contributed by atoms with Gasteiger partial charge in [-0.15, -0.1) is 0 Å². The molecule has 2 atom stereocenters. The van der Waals surface area contributed by atoms with Crippen LogP contribution in [0.15, 0.2) is 12.3 Å². The van der Waals surface area contributed by atoms with E-state index in [1.807, 2.05) is 0 Å². The predicted octanol–water partition coefficient (Wildman–Crippen LogP) is 1.98. The summed E-state index contributed by atoms with van der Waals surface area (Å²) in [5.41, 5.74) is 0. The lowest BCUT2D eigenvalue weighted by atomic mass is 9.98. The van der Waals surface area contributed by atoms with Crippen LogP contribution in [0.2, 0.25) is 0 Å². The van der Waals surface area contributed by atoms with Crippen molar-refractivity contribution in [3.63, 3.8) is 0 Å². The summed E-state index contributed by atoms with van der Waals surface area (Å²) in [6.07, 6.45) is 2.81. The third-order valence-corrected chi connectivity index (χ3v) is 2.77. The molecule has 0 aromatic carbocycles. The zero-order valence-corrected chi connectivity index (χ0v) is 10.5.